The van der Waals surface area contributed by atoms with Crippen LogP contribution in [0.4, 0.5) is 4.39 Å². The Balaban J connectivity index is 1.69. The molecule has 1 aromatic carbocycles. The first-order chi connectivity index (χ1) is 11.7. The van der Waals surface area contributed by atoms with Crippen LogP contribution < -0.4 is 5.32 Å². The molecule has 0 aliphatic carbocycles. The van der Waals surface area contributed by atoms with Crippen molar-refractivity contribution in [3.63, 3.8) is 0 Å². The highest BCUT2D eigenvalue weighted by molar-refractivity contribution is 5.95. The zero-order chi connectivity index (χ0) is 16.9. The van der Waals surface area contributed by atoms with Crippen molar-refractivity contribution in [3.8, 4) is 5.69 Å². The largest absolute Gasteiger partial charge is 0.352 e. The van der Waals surface area contributed by atoms with Crippen molar-refractivity contribution in [3.05, 3.63) is 77.6 Å². The van der Waals surface area contributed by atoms with Crippen molar-refractivity contribution in [1.29, 1.82) is 0 Å². The van der Waals surface area contributed by atoms with Crippen molar-refractivity contribution in [1.82, 2.24) is 20.1 Å². The molecular weight excluding hydrogens is 307 g/mol. The second-order valence-electron chi connectivity index (χ2n) is 5.37. The Bertz CT molecular complexity index is 845. The normalized spacial score (nSPS) is 10.6. The van der Waals surface area contributed by atoms with Gasteiger partial charge in [-0.05, 0) is 37.1 Å². The molecule has 24 heavy (non-hydrogen) atoms. The average molecular weight is 324 g/mol. The van der Waals surface area contributed by atoms with Crippen LogP contribution in [0.15, 0.2) is 55.0 Å². The van der Waals surface area contributed by atoms with E-state index < -0.39 is 0 Å². The number of aromatic nitrogens is 3. The first-order valence-corrected chi connectivity index (χ1v) is 7.63. The molecule has 0 bridgehead atoms. The summed E-state index contributed by atoms with van der Waals surface area (Å²) in [5.74, 6) is -0.605. The summed E-state index contributed by atoms with van der Waals surface area (Å²) in [6.45, 7) is 2.24. The zero-order valence-corrected chi connectivity index (χ0v) is 13.2. The van der Waals surface area contributed by atoms with E-state index in [1.54, 1.807) is 37.5 Å². The molecule has 5 nitrogen and oxygen atoms in total. The summed E-state index contributed by atoms with van der Waals surface area (Å²) in [7, 11) is 0. The average Bonchev–Trinajstić information content (AvgIpc) is 2.98. The third-order valence-electron chi connectivity index (χ3n) is 3.76. The monoisotopic (exact) mass is 324 g/mol. The second-order valence-corrected chi connectivity index (χ2v) is 5.37. The lowest BCUT2D eigenvalue weighted by Gasteiger charge is -2.07. The molecule has 0 aliphatic rings. The smallest absolute Gasteiger partial charge is 0.254 e. The number of hydrogen-bond donors (Lipinski definition) is 1. The molecule has 0 radical (unpaired) electrons. The Morgan fingerprint density at radius 3 is 2.79 bits per heavy atom. The number of para-hydroxylation sites is 1. The van der Waals surface area contributed by atoms with E-state index in [1.165, 1.54) is 16.9 Å². The maximum absolute atomic E-state index is 13.9. The number of nitrogens with one attached hydrogen (secondary N) is 1. The summed E-state index contributed by atoms with van der Waals surface area (Å²) >= 11 is 0. The minimum absolute atomic E-state index is 0.223. The highest BCUT2D eigenvalue weighted by Gasteiger charge is 2.16. The van der Waals surface area contributed by atoms with Crippen LogP contribution >= 0.6 is 0 Å². The lowest BCUT2D eigenvalue weighted by Crippen LogP contribution is -2.26. The quantitative estimate of drug-likeness (QED) is 0.785. The van der Waals surface area contributed by atoms with E-state index in [0.717, 1.165) is 5.56 Å². The van der Waals surface area contributed by atoms with Gasteiger partial charge in [0.25, 0.3) is 5.91 Å². The van der Waals surface area contributed by atoms with Crippen LogP contribution in [-0.2, 0) is 6.42 Å². The highest BCUT2D eigenvalue weighted by Crippen LogP contribution is 2.16. The van der Waals surface area contributed by atoms with E-state index >= 15 is 0 Å². The van der Waals surface area contributed by atoms with Crippen molar-refractivity contribution in [2.45, 2.75) is 13.3 Å². The van der Waals surface area contributed by atoms with Gasteiger partial charge in [-0.15, -0.1) is 0 Å². The van der Waals surface area contributed by atoms with Gasteiger partial charge in [0, 0.05) is 18.9 Å². The fourth-order valence-electron chi connectivity index (χ4n) is 2.46. The number of pyridine rings is 1. The van der Waals surface area contributed by atoms with Crippen molar-refractivity contribution < 1.29 is 9.18 Å². The second kappa shape index (κ2) is 7.04. The lowest BCUT2D eigenvalue weighted by atomic mass is 10.2. The summed E-state index contributed by atoms with van der Waals surface area (Å²) in [5, 5.41) is 6.99. The molecule has 0 aliphatic heterocycles. The standard InChI is InChI=1S/C18H17FN4O/c1-13-15(12-22-23(13)17-7-3-2-6-16(17)19)18(24)21-10-8-14-5-4-9-20-11-14/h2-7,9,11-12H,8,10H2,1H3,(H,21,24). The Hall–Kier alpha value is -3.02. The Morgan fingerprint density at radius 2 is 2.04 bits per heavy atom. The van der Waals surface area contributed by atoms with Gasteiger partial charge < -0.3 is 5.32 Å². The third kappa shape index (κ3) is 3.32. The van der Waals surface area contributed by atoms with Crippen LogP contribution in [0, 0.1) is 12.7 Å². The molecule has 0 saturated heterocycles. The van der Waals surface area contributed by atoms with Gasteiger partial charge in [0.15, 0.2) is 0 Å². The highest BCUT2D eigenvalue weighted by atomic mass is 19.1. The molecule has 122 valence electrons. The number of hydrogen-bond acceptors (Lipinski definition) is 3. The summed E-state index contributed by atoms with van der Waals surface area (Å²) < 4.78 is 15.3. The summed E-state index contributed by atoms with van der Waals surface area (Å²) in [5.41, 5.74) is 2.41. The van der Waals surface area contributed by atoms with E-state index in [4.69, 9.17) is 0 Å². The van der Waals surface area contributed by atoms with Crippen LogP contribution in [0.25, 0.3) is 5.69 Å². The molecule has 1 amide bonds. The summed E-state index contributed by atoms with van der Waals surface area (Å²) in [4.78, 5) is 16.3. The molecular formula is C18H17FN4O. The van der Waals surface area contributed by atoms with Crippen molar-refractivity contribution >= 4 is 5.91 Å². The van der Waals surface area contributed by atoms with Crippen LogP contribution in [0.5, 0.6) is 0 Å². The van der Waals surface area contributed by atoms with Gasteiger partial charge in [0.1, 0.15) is 11.5 Å². The number of halogens is 1. The van der Waals surface area contributed by atoms with Gasteiger partial charge >= 0.3 is 0 Å². The summed E-state index contributed by atoms with van der Waals surface area (Å²) in [6, 6.07) is 10.2. The zero-order valence-electron chi connectivity index (χ0n) is 13.2. The van der Waals surface area contributed by atoms with E-state index in [-0.39, 0.29) is 11.7 Å². The molecule has 0 unspecified atom stereocenters. The van der Waals surface area contributed by atoms with Gasteiger partial charge in [0.05, 0.1) is 17.5 Å². The Kier molecular flexibility index (Phi) is 4.65. The SMILES string of the molecule is Cc1c(C(=O)NCCc2cccnc2)cnn1-c1ccccc1F. The van der Waals surface area contributed by atoms with Crippen molar-refractivity contribution in [2.24, 2.45) is 0 Å². The van der Waals surface area contributed by atoms with Crippen LogP contribution in [0.1, 0.15) is 21.6 Å². The molecule has 0 spiro atoms. The lowest BCUT2D eigenvalue weighted by molar-refractivity contribution is 0.0953. The molecule has 3 rings (SSSR count). The van der Waals surface area contributed by atoms with Gasteiger partial charge in [-0.3, -0.25) is 9.78 Å². The number of nitrogens with zero attached hydrogens (tertiary/aromatic N) is 3. The maximum atomic E-state index is 13.9. The summed E-state index contributed by atoms with van der Waals surface area (Å²) in [6.07, 6.45) is 5.64. The minimum atomic E-state index is -0.382. The molecule has 0 saturated carbocycles. The first-order valence-electron chi connectivity index (χ1n) is 7.63. The van der Waals surface area contributed by atoms with Crippen LogP contribution in [0.3, 0.4) is 0 Å². The number of carbonyl (C=O) groups is 1. The Labute approximate surface area is 139 Å². The van der Waals surface area contributed by atoms with Crippen LogP contribution in [-0.4, -0.2) is 27.2 Å². The molecule has 0 fully saturated rings. The van der Waals surface area contributed by atoms with Gasteiger partial charge in [-0.25, -0.2) is 9.07 Å². The molecule has 2 heterocycles. The number of carbonyl (C=O) groups excluding carboxylic acids is 1. The van der Waals surface area contributed by atoms with Gasteiger partial charge in [0.2, 0.25) is 0 Å². The topological polar surface area (TPSA) is 59.8 Å². The number of amides is 1. The number of benzene rings is 1. The van der Waals surface area contributed by atoms with E-state index in [0.29, 0.717) is 29.9 Å². The predicted octanol–water partition coefficient (Wildman–Crippen LogP) is 2.69. The molecule has 6 heteroatoms. The van der Waals surface area contributed by atoms with E-state index in [9.17, 15) is 9.18 Å². The fraction of sp³-hybridized carbons (Fsp3) is 0.167. The molecule has 2 aromatic heterocycles. The Morgan fingerprint density at radius 1 is 1.21 bits per heavy atom. The van der Waals surface area contributed by atoms with Gasteiger partial charge in [-0.2, -0.15) is 5.10 Å². The third-order valence-corrected chi connectivity index (χ3v) is 3.76. The minimum Gasteiger partial charge on any atom is -0.352 e. The fourth-order valence-corrected chi connectivity index (χ4v) is 2.46. The first kappa shape index (κ1) is 15.9. The van der Waals surface area contributed by atoms with E-state index in [2.05, 4.69) is 15.4 Å². The number of rotatable bonds is 5. The van der Waals surface area contributed by atoms with Crippen molar-refractivity contribution in [2.75, 3.05) is 6.54 Å². The van der Waals surface area contributed by atoms with Gasteiger partial charge in [-0.1, -0.05) is 18.2 Å². The van der Waals surface area contributed by atoms with Crippen LogP contribution in [0.2, 0.25) is 0 Å². The van der Waals surface area contributed by atoms with E-state index in [1.807, 2.05) is 12.1 Å². The predicted molar refractivity (Wildman–Crippen MR) is 88.5 cm³/mol. The maximum Gasteiger partial charge on any atom is 0.254 e. The molecule has 0 atom stereocenters. The molecule has 1 N–H and O–H groups in total. The molecule has 3 aromatic rings.